The van der Waals surface area contributed by atoms with Crippen LogP contribution in [0.25, 0.3) is 0 Å². The second-order valence-electron chi connectivity index (χ2n) is 5.75. The van der Waals surface area contributed by atoms with E-state index >= 15 is 0 Å². The Bertz CT molecular complexity index is 970. The first kappa shape index (κ1) is 17.6. The molecular weight excluding hydrogens is 350 g/mol. The number of rotatable bonds is 5. The van der Waals surface area contributed by atoms with E-state index in [9.17, 15) is 8.42 Å². The monoisotopic (exact) mass is 369 g/mol. The Kier molecular flexibility index (Phi) is 5.16. The van der Waals surface area contributed by atoms with Gasteiger partial charge in [0.05, 0.1) is 17.1 Å². The second kappa shape index (κ2) is 7.33. The number of nitrogens with zero attached hydrogens (tertiary/aromatic N) is 1. The molecule has 0 aliphatic heterocycles. The highest BCUT2D eigenvalue weighted by molar-refractivity contribution is 7.93. The number of para-hydroxylation sites is 1. The van der Waals surface area contributed by atoms with Crippen molar-refractivity contribution in [3.63, 3.8) is 0 Å². The second-order valence-corrected chi connectivity index (χ2v) is 8.06. The fraction of sp³-hybridized carbons (Fsp3) is 0.100. The fourth-order valence-corrected chi connectivity index (χ4v) is 4.74. The maximum Gasteiger partial charge on any atom is 0.264 e. The van der Waals surface area contributed by atoms with Crippen LogP contribution in [0.3, 0.4) is 0 Å². The molecule has 3 aromatic rings. The Morgan fingerprint density at radius 3 is 2.12 bits per heavy atom. The predicted molar refractivity (Wildman–Crippen MR) is 105 cm³/mol. The first-order valence-corrected chi connectivity index (χ1v) is 9.79. The Morgan fingerprint density at radius 1 is 0.840 bits per heavy atom. The zero-order chi connectivity index (χ0) is 17.9. The van der Waals surface area contributed by atoms with Gasteiger partial charge in [-0.25, -0.2) is 8.42 Å². The molecule has 0 atom stereocenters. The van der Waals surface area contributed by atoms with Gasteiger partial charge in [0.1, 0.15) is 0 Å². The summed E-state index contributed by atoms with van der Waals surface area (Å²) >= 11 is 4.47. The van der Waals surface area contributed by atoms with Crippen LogP contribution in [0.1, 0.15) is 11.1 Å². The van der Waals surface area contributed by atoms with Gasteiger partial charge in [-0.15, -0.1) is 12.6 Å². The lowest BCUT2D eigenvalue weighted by molar-refractivity contribution is 0.589. The lowest BCUT2D eigenvalue weighted by Crippen LogP contribution is -2.31. The van der Waals surface area contributed by atoms with Gasteiger partial charge in [-0.2, -0.15) is 0 Å². The van der Waals surface area contributed by atoms with Crippen LogP contribution in [0, 0.1) is 6.92 Å². The molecule has 0 amide bonds. The molecule has 5 heteroatoms. The maximum absolute atomic E-state index is 13.4. The van der Waals surface area contributed by atoms with Crippen LogP contribution >= 0.6 is 12.6 Å². The molecule has 3 nitrogen and oxygen atoms in total. The van der Waals surface area contributed by atoms with Crippen LogP contribution in [-0.2, 0) is 16.6 Å². The Labute approximate surface area is 154 Å². The highest BCUT2D eigenvalue weighted by Crippen LogP contribution is 2.31. The van der Waals surface area contributed by atoms with E-state index in [4.69, 9.17) is 0 Å². The minimum atomic E-state index is -3.72. The third-order valence-corrected chi connectivity index (χ3v) is 6.28. The van der Waals surface area contributed by atoms with Crippen LogP contribution in [0.4, 0.5) is 5.69 Å². The standard InChI is InChI=1S/C20H19NO2S2/c1-16-9-5-8-14-20(16)25(22,23)21(15-17-10-3-2-4-11-17)18-12-6-7-13-19(18)24/h2-14,24H,15H2,1H3. The van der Waals surface area contributed by atoms with Crippen LogP contribution < -0.4 is 4.31 Å². The van der Waals surface area contributed by atoms with E-state index in [0.29, 0.717) is 15.5 Å². The van der Waals surface area contributed by atoms with Gasteiger partial charge in [0.15, 0.2) is 0 Å². The summed E-state index contributed by atoms with van der Waals surface area (Å²) in [6, 6.07) is 23.8. The normalized spacial score (nSPS) is 11.3. The average molecular weight is 370 g/mol. The van der Waals surface area contributed by atoms with Gasteiger partial charge in [-0.3, -0.25) is 4.31 Å². The summed E-state index contributed by atoms with van der Waals surface area (Å²) in [6.45, 7) is 2.05. The molecule has 0 aliphatic rings. The molecule has 25 heavy (non-hydrogen) atoms. The molecule has 3 aromatic carbocycles. The number of sulfonamides is 1. The fourth-order valence-electron chi connectivity index (χ4n) is 2.69. The van der Waals surface area contributed by atoms with Crippen molar-refractivity contribution in [2.45, 2.75) is 23.3 Å². The van der Waals surface area contributed by atoms with Gasteiger partial charge < -0.3 is 0 Å². The molecule has 0 N–H and O–H groups in total. The number of aryl methyl sites for hydroxylation is 1. The highest BCUT2D eigenvalue weighted by atomic mass is 32.2. The highest BCUT2D eigenvalue weighted by Gasteiger charge is 2.27. The van der Waals surface area contributed by atoms with Crippen molar-refractivity contribution < 1.29 is 8.42 Å². The van der Waals surface area contributed by atoms with E-state index in [1.165, 1.54) is 4.31 Å². The van der Waals surface area contributed by atoms with Crippen molar-refractivity contribution >= 4 is 28.3 Å². The van der Waals surface area contributed by atoms with Crippen molar-refractivity contribution in [1.82, 2.24) is 0 Å². The van der Waals surface area contributed by atoms with E-state index in [2.05, 4.69) is 12.6 Å². The summed E-state index contributed by atoms with van der Waals surface area (Å²) in [4.78, 5) is 0.929. The molecule has 0 spiro atoms. The van der Waals surface area contributed by atoms with E-state index in [1.807, 2.05) is 48.5 Å². The smallest absolute Gasteiger partial charge is 0.261 e. The minimum Gasteiger partial charge on any atom is -0.261 e. The molecular formula is C20H19NO2S2. The number of benzene rings is 3. The number of hydrogen-bond acceptors (Lipinski definition) is 3. The summed E-state index contributed by atoms with van der Waals surface area (Å²) < 4.78 is 28.2. The topological polar surface area (TPSA) is 37.4 Å². The van der Waals surface area contributed by atoms with E-state index in [0.717, 1.165) is 11.1 Å². The van der Waals surface area contributed by atoms with Crippen molar-refractivity contribution in [1.29, 1.82) is 0 Å². The maximum atomic E-state index is 13.4. The zero-order valence-electron chi connectivity index (χ0n) is 13.8. The largest absolute Gasteiger partial charge is 0.264 e. The van der Waals surface area contributed by atoms with Crippen molar-refractivity contribution in [3.05, 3.63) is 90.0 Å². The van der Waals surface area contributed by atoms with E-state index < -0.39 is 10.0 Å². The Hall–Kier alpha value is -2.24. The van der Waals surface area contributed by atoms with E-state index in [1.54, 1.807) is 37.3 Å². The molecule has 0 unspecified atom stereocenters. The molecule has 0 aromatic heterocycles. The molecule has 0 saturated heterocycles. The lowest BCUT2D eigenvalue weighted by atomic mass is 10.2. The van der Waals surface area contributed by atoms with Gasteiger partial charge >= 0.3 is 0 Å². The van der Waals surface area contributed by atoms with Crippen molar-refractivity contribution in [3.8, 4) is 0 Å². The van der Waals surface area contributed by atoms with Crippen LogP contribution in [-0.4, -0.2) is 8.42 Å². The van der Waals surface area contributed by atoms with Crippen molar-refractivity contribution in [2.75, 3.05) is 4.31 Å². The average Bonchev–Trinajstić information content (AvgIpc) is 2.61. The third kappa shape index (κ3) is 3.72. The summed E-state index contributed by atoms with van der Waals surface area (Å²) in [5.41, 5.74) is 2.20. The molecule has 0 aliphatic carbocycles. The van der Waals surface area contributed by atoms with Gasteiger partial charge in [-0.05, 0) is 36.2 Å². The zero-order valence-corrected chi connectivity index (χ0v) is 15.5. The molecule has 3 rings (SSSR count). The number of hydrogen-bond donors (Lipinski definition) is 1. The molecule has 128 valence electrons. The summed E-state index contributed by atoms with van der Waals surface area (Å²) in [5.74, 6) is 0. The SMILES string of the molecule is Cc1ccccc1S(=O)(=O)N(Cc1ccccc1)c1ccccc1S. The van der Waals surface area contributed by atoms with Gasteiger partial charge in [-0.1, -0.05) is 60.7 Å². The first-order chi connectivity index (χ1) is 12.0. The molecule has 0 fully saturated rings. The minimum absolute atomic E-state index is 0.245. The van der Waals surface area contributed by atoms with Crippen LogP contribution in [0.5, 0.6) is 0 Å². The van der Waals surface area contributed by atoms with Crippen LogP contribution in [0.15, 0.2) is 88.7 Å². The van der Waals surface area contributed by atoms with Crippen LogP contribution in [0.2, 0.25) is 0 Å². The molecule has 0 saturated carbocycles. The van der Waals surface area contributed by atoms with E-state index in [-0.39, 0.29) is 6.54 Å². The number of anilines is 1. The predicted octanol–water partition coefficient (Wildman–Crippen LogP) is 4.68. The molecule has 0 heterocycles. The summed E-state index contributed by atoms with van der Waals surface area (Å²) in [7, 11) is -3.72. The lowest BCUT2D eigenvalue weighted by Gasteiger charge is -2.26. The van der Waals surface area contributed by atoms with Gasteiger partial charge in [0, 0.05) is 4.90 Å². The summed E-state index contributed by atoms with van der Waals surface area (Å²) in [6.07, 6.45) is 0. The van der Waals surface area contributed by atoms with Gasteiger partial charge in [0.25, 0.3) is 10.0 Å². The molecule has 0 bridgehead atoms. The number of thiol groups is 1. The first-order valence-electron chi connectivity index (χ1n) is 7.90. The Morgan fingerprint density at radius 2 is 1.44 bits per heavy atom. The Balaban J connectivity index is 2.14. The molecule has 0 radical (unpaired) electrons. The quantitative estimate of drug-likeness (QED) is 0.663. The van der Waals surface area contributed by atoms with Crippen molar-refractivity contribution in [2.24, 2.45) is 0 Å². The van der Waals surface area contributed by atoms with Gasteiger partial charge in [0.2, 0.25) is 0 Å². The third-order valence-electron chi connectivity index (χ3n) is 3.98. The summed E-state index contributed by atoms with van der Waals surface area (Å²) in [5, 5.41) is 0.